The Labute approximate surface area is 147 Å². The van der Waals surface area contributed by atoms with Gasteiger partial charge >= 0.3 is 0 Å². The maximum Gasteiger partial charge on any atom is 0.162 e. The van der Waals surface area contributed by atoms with Crippen molar-refractivity contribution in [1.82, 2.24) is 0 Å². The summed E-state index contributed by atoms with van der Waals surface area (Å²) in [7, 11) is 4.75. The van der Waals surface area contributed by atoms with Crippen LogP contribution in [0.2, 0.25) is 0 Å². The van der Waals surface area contributed by atoms with E-state index < -0.39 is 0 Å². The van der Waals surface area contributed by atoms with Crippen LogP contribution >= 0.6 is 0 Å². The van der Waals surface area contributed by atoms with Crippen LogP contribution in [0.4, 0.5) is 0 Å². The van der Waals surface area contributed by atoms with Crippen molar-refractivity contribution in [3.63, 3.8) is 0 Å². The average Bonchev–Trinajstić information content (AvgIpc) is 2.66. The molecule has 0 aromatic heterocycles. The molecule has 0 amide bonds. The van der Waals surface area contributed by atoms with E-state index in [4.69, 9.17) is 18.9 Å². The highest BCUT2D eigenvalue weighted by atomic mass is 16.5. The molecule has 0 aliphatic rings. The number of carbonyl (C=O) groups excluding carboxylic acids is 1. The van der Waals surface area contributed by atoms with Crippen molar-refractivity contribution in [1.29, 1.82) is 0 Å². The molecule has 5 nitrogen and oxygen atoms in total. The molecule has 0 saturated heterocycles. The van der Waals surface area contributed by atoms with Gasteiger partial charge in [0.2, 0.25) is 0 Å². The maximum absolute atomic E-state index is 10.8. The molecule has 2 rings (SSSR count). The first kappa shape index (κ1) is 18.4. The molecule has 0 bridgehead atoms. The first-order valence-corrected chi connectivity index (χ1v) is 7.81. The van der Waals surface area contributed by atoms with Crippen molar-refractivity contribution in [3.8, 4) is 23.0 Å². The summed E-state index contributed by atoms with van der Waals surface area (Å²) in [6.07, 6.45) is 4.45. The number of hydrogen-bond acceptors (Lipinski definition) is 5. The maximum atomic E-state index is 10.8. The Morgan fingerprint density at radius 2 is 1.36 bits per heavy atom. The summed E-state index contributed by atoms with van der Waals surface area (Å²) >= 11 is 0. The third kappa shape index (κ3) is 4.76. The lowest BCUT2D eigenvalue weighted by molar-refractivity contribution is 0.112. The molecule has 1 unspecified atom stereocenters. The molecule has 0 spiro atoms. The van der Waals surface area contributed by atoms with Crippen LogP contribution in [0.15, 0.2) is 42.5 Å². The zero-order valence-electron chi connectivity index (χ0n) is 14.8. The van der Waals surface area contributed by atoms with Crippen LogP contribution in [-0.2, 0) is 0 Å². The second-order valence-corrected chi connectivity index (χ2v) is 5.32. The van der Waals surface area contributed by atoms with E-state index in [9.17, 15) is 4.79 Å². The largest absolute Gasteiger partial charge is 0.493 e. The van der Waals surface area contributed by atoms with Crippen LogP contribution < -0.4 is 18.9 Å². The smallest absolute Gasteiger partial charge is 0.162 e. The zero-order valence-corrected chi connectivity index (χ0v) is 14.8. The lowest BCUT2D eigenvalue weighted by Gasteiger charge is -2.14. The van der Waals surface area contributed by atoms with Gasteiger partial charge in [-0.3, -0.25) is 4.79 Å². The normalized spacial score (nSPS) is 11.8. The predicted octanol–water partition coefficient (Wildman–Crippen LogP) is 4.01. The highest BCUT2D eigenvalue weighted by Crippen LogP contribution is 2.30. The van der Waals surface area contributed by atoms with E-state index in [0.29, 0.717) is 28.6 Å². The second-order valence-electron chi connectivity index (χ2n) is 5.32. The Bertz CT molecular complexity index is 752. The molecule has 2 aromatic rings. The fourth-order valence-corrected chi connectivity index (χ4v) is 2.30. The van der Waals surface area contributed by atoms with Gasteiger partial charge in [-0.25, -0.2) is 0 Å². The van der Waals surface area contributed by atoms with Crippen molar-refractivity contribution >= 4 is 12.4 Å². The molecule has 25 heavy (non-hydrogen) atoms. The van der Waals surface area contributed by atoms with Crippen LogP contribution in [0.5, 0.6) is 23.0 Å². The summed E-state index contributed by atoms with van der Waals surface area (Å²) in [5.74, 6) is 2.46. The minimum absolute atomic E-state index is 0.191. The molecule has 1 atom stereocenters. The molecule has 0 fully saturated rings. The summed E-state index contributed by atoms with van der Waals surface area (Å²) in [6.45, 7) is 1.92. The van der Waals surface area contributed by atoms with Gasteiger partial charge in [-0.15, -0.1) is 0 Å². The molecule has 2 aromatic carbocycles. The third-order valence-corrected chi connectivity index (χ3v) is 3.60. The molecule has 5 heteroatoms. The Hall–Kier alpha value is -2.95. The molecule has 0 N–H and O–H groups in total. The quantitative estimate of drug-likeness (QED) is 0.679. The zero-order chi connectivity index (χ0) is 18.2. The summed E-state index contributed by atoms with van der Waals surface area (Å²) in [5, 5.41) is 0. The number of ether oxygens (including phenoxy) is 4. The standard InChI is InChI=1S/C20H22O5/c1-14(25-18-10-8-16(13-21)12-20(18)24-4)5-6-15-7-9-17(22-2)19(11-15)23-3/h5-14H,1-4H3/b6-5+. The Kier molecular flexibility index (Phi) is 6.46. The number of hydrogen-bond donors (Lipinski definition) is 0. The predicted molar refractivity (Wildman–Crippen MR) is 97.1 cm³/mol. The molecule has 132 valence electrons. The molecular formula is C20H22O5. The van der Waals surface area contributed by atoms with E-state index in [1.165, 1.54) is 0 Å². The van der Waals surface area contributed by atoms with Crippen molar-refractivity contribution in [2.75, 3.05) is 21.3 Å². The Balaban J connectivity index is 2.10. The molecule has 0 aliphatic carbocycles. The van der Waals surface area contributed by atoms with E-state index in [1.54, 1.807) is 39.5 Å². The van der Waals surface area contributed by atoms with Crippen LogP contribution in [0, 0.1) is 0 Å². The highest BCUT2D eigenvalue weighted by Gasteiger charge is 2.08. The van der Waals surface area contributed by atoms with Gasteiger partial charge in [-0.1, -0.05) is 12.1 Å². The second kappa shape index (κ2) is 8.78. The van der Waals surface area contributed by atoms with Crippen LogP contribution in [-0.4, -0.2) is 33.7 Å². The fourth-order valence-electron chi connectivity index (χ4n) is 2.30. The number of aldehydes is 1. The Morgan fingerprint density at radius 1 is 0.800 bits per heavy atom. The molecular weight excluding hydrogens is 320 g/mol. The van der Waals surface area contributed by atoms with E-state index in [2.05, 4.69) is 0 Å². The summed E-state index contributed by atoms with van der Waals surface area (Å²) in [5.41, 5.74) is 1.51. The highest BCUT2D eigenvalue weighted by molar-refractivity contribution is 5.76. The molecule has 0 saturated carbocycles. The number of carbonyl (C=O) groups is 1. The van der Waals surface area contributed by atoms with Crippen LogP contribution in [0.25, 0.3) is 6.08 Å². The van der Waals surface area contributed by atoms with Crippen molar-refractivity contribution in [3.05, 3.63) is 53.6 Å². The van der Waals surface area contributed by atoms with Gasteiger partial charge in [-0.2, -0.15) is 0 Å². The van der Waals surface area contributed by atoms with Gasteiger partial charge in [0.05, 0.1) is 21.3 Å². The van der Waals surface area contributed by atoms with E-state index in [0.717, 1.165) is 11.8 Å². The van der Waals surface area contributed by atoms with Crippen molar-refractivity contribution in [2.24, 2.45) is 0 Å². The van der Waals surface area contributed by atoms with Crippen molar-refractivity contribution < 1.29 is 23.7 Å². The van der Waals surface area contributed by atoms with E-state index in [1.807, 2.05) is 37.3 Å². The number of benzene rings is 2. The number of rotatable bonds is 8. The summed E-state index contributed by atoms with van der Waals surface area (Å²) in [4.78, 5) is 10.8. The first-order chi connectivity index (χ1) is 12.1. The van der Waals surface area contributed by atoms with Crippen LogP contribution in [0.1, 0.15) is 22.8 Å². The molecule has 0 heterocycles. The summed E-state index contributed by atoms with van der Waals surface area (Å²) < 4.78 is 21.7. The topological polar surface area (TPSA) is 54.0 Å². The van der Waals surface area contributed by atoms with E-state index >= 15 is 0 Å². The molecule has 0 aliphatic heterocycles. The third-order valence-electron chi connectivity index (χ3n) is 3.60. The van der Waals surface area contributed by atoms with Gasteiger partial charge < -0.3 is 18.9 Å². The number of methoxy groups -OCH3 is 3. The lowest BCUT2D eigenvalue weighted by Crippen LogP contribution is -2.09. The minimum Gasteiger partial charge on any atom is -0.493 e. The van der Waals surface area contributed by atoms with Gasteiger partial charge in [0.1, 0.15) is 12.4 Å². The van der Waals surface area contributed by atoms with Crippen molar-refractivity contribution in [2.45, 2.75) is 13.0 Å². The van der Waals surface area contributed by atoms with Gasteiger partial charge in [0, 0.05) is 5.56 Å². The average molecular weight is 342 g/mol. The minimum atomic E-state index is -0.191. The SMILES string of the molecule is COc1ccc(/C=C/C(C)Oc2ccc(C=O)cc2OC)cc1OC. The summed E-state index contributed by atoms with van der Waals surface area (Å²) in [6, 6.07) is 10.7. The monoisotopic (exact) mass is 342 g/mol. The fraction of sp³-hybridized carbons (Fsp3) is 0.250. The van der Waals surface area contributed by atoms with Gasteiger partial charge in [0.25, 0.3) is 0 Å². The first-order valence-electron chi connectivity index (χ1n) is 7.81. The molecule has 0 radical (unpaired) electrons. The lowest BCUT2D eigenvalue weighted by atomic mass is 10.1. The van der Waals surface area contributed by atoms with Gasteiger partial charge in [0.15, 0.2) is 23.0 Å². The van der Waals surface area contributed by atoms with E-state index in [-0.39, 0.29) is 6.10 Å². The van der Waals surface area contributed by atoms with Crippen LogP contribution in [0.3, 0.4) is 0 Å². The Morgan fingerprint density at radius 3 is 2.00 bits per heavy atom. The van der Waals surface area contributed by atoms with Gasteiger partial charge in [-0.05, 0) is 48.9 Å².